The Bertz CT molecular complexity index is 1110. The molecule has 2 aliphatic heterocycles. The molecule has 5 rings (SSSR count). The van der Waals surface area contributed by atoms with E-state index < -0.39 is 22.0 Å². The number of fused-ring (bicyclic) bond motifs is 1. The third-order valence-corrected chi connectivity index (χ3v) is 11.7. The van der Waals surface area contributed by atoms with Crippen LogP contribution in [-0.4, -0.2) is 74.2 Å². The molecule has 0 spiro atoms. The summed E-state index contributed by atoms with van der Waals surface area (Å²) in [5.74, 6) is 1.23. The monoisotopic (exact) mass is 578 g/mol. The lowest BCUT2D eigenvalue weighted by atomic mass is 9.65. The fourth-order valence-corrected chi connectivity index (χ4v) is 9.12. The van der Waals surface area contributed by atoms with Crippen molar-refractivity contribution < 1.29 is 18.0 Å². The van der Waals surface area contributed by atoms with Crippen molar-refractivity contribution in [3.05, 3.63) is 29.3 Å². The maximum absolute atomic E-state index is 13.4. The first-order valence-corrected chi connectivity index (χ1v) is 16.7. The van der Waals surface area contributed by atoms with Gasteiger partial charge >= 0.3 is 0 Å². The van der Waals surface area contributed by atoms with Gasteiger partial charge in [-0.1, -0.05) is 37.3 Å². The van der Waals surface area contributed by atoms with E-state index in [-0.39, 0.29) is 36.4 Å². The average Bonchev–Trinajstić information content (AvgIpc) is 2.94. The van der Waals surface area contributed by atoms with Crippen molar-refractivity contribution in [1.82, 2.24) is 19.8 Å². The Kier molecular flexibility index (Phi) is 9.52. The number of carbonyl (C=O) groups is 2. The van der Waals surface area contributed by atoms with Crippen molar-refractivity contribution in [1.29, 1.82) is 0 Å². The van der Waals surface area contributed by atoms with Crippen molar-refractivity contribution >= 4 is 33.4 Å². The van der Waals surface area contributed by atoms with Crippen LogP contribution >= 0.6 is 11.6 Å². The van der Waals surface area contributed by atoms with E-state index in [2.05, 4.69) is 15.5 Å². The van der Waals surface area contributed by atoms with E-state index in [1.807, 2.05) is 0 Å². The molecular formula is C29H43ClN4O4S. The van der Waals surface area contributed by atoms with E-state index >= 15 is 0 Å². The lowest BCUT2D eigenvalue weighted by Crippen LogP contribution is -2.58. The molecule has 216 valence electrons. The van der Waals surface area contributed by atoms with Gasteiger partial charge in [0.2, 0.25) is 21.8 Å². The maximum atomic E-state index is 13.4. The Hall–Kier alpha value is -1.68. The quantitative estimate of drug-likeness (QED) is 0.489. The summed E-state index contributed by atoms with van der Waals surface area (Å²) in [5, 5.41) is 6.41. The van der Waals surface area contributed by atoms with Gasteiger partial charge in [0.1, 0.15) is 6.04 Å². The van der Waals surface area contributed by atoms with Crippen molar-refractivity contribution in [2.75, 3.05) is 32.7 Å². The first kappa shape index (κ1) is 28.8. The number of piperidine rings is 1. The topological polar surface area (TPSA) is 98.8 Å². The summed E-state index contributed by atoms with van der Waals surface area (Å²) in [7, 11) is -3.95. The van der Waals surface area contributed by atoms with Gasteiger partial charge in [-0.25, -0.2) is 8.42 Å². The fraction of sp³-hybridized carbons (Fsp3) is 0.724. The predicted molar refractivity (Wildman–Crippen MR) is 152 cm³/mol. The second kappa shape index (κ2) is 12.9. The lowest BCUT2D eigenvalue weighted by Gasteiger charge is -2.44. The minimum Gasteiger partial charge on any atom is -0.353 e. The lowest BCUT2D eigenvalue weighted by molar-refractivity contribution is -0.132. The highest BCUT2D eigenvalue weighted by molar-refractivity contribution is 7.89. The number of carbonyl (C=O) groups excluding carboxylic acids is 2. The summed E-state index contributed by atoms with van der Waals surface area (Å²) in [6.07, 6.45) is 12.1. The van der Waals surface area contributed by atoms with Crippen LogP contribution in [0.4, 0.5) is 0 Å². The molecule has 1 aromatic carbocycles. The zero-order chi connectivity index (χ0) is 27.4. The maximum Gasteiger partial charge on any atom is 0.243 e. The van der Waals surface area contributed by atoms with Gasteiger partial charge in [-0.05, 0) is 100 Å². The summed E-state index contributed by atoms with van der Waals surface area (Å²) in [6.45, 7) is 4.08. The van der Waals surface area contributed by atoms with Gasteiger partial charge in [0.05, 0.1) is 11.3 Å². The number of likely N-dealkylation sites (tertiary alicyclic amines) is 1. The van der Waals surface area contributed by atoms with E-state index in [0.29, 0.717) is 16.9 Å². The predicted octanol–water partition coefficient (Wildman–Crippen LogP) is 3.80. The molecule has 0 bridgehead atoms. The molecule has 5 atom stereocenters. The molecule has 0 aromatic heterocycles. The third-order valence-electron chi connectivity index (χ3n) is 9.49. The molecule has 10 heteroatoms. The van der Waals surface area contributed by atoms with Gasteiger partial charge < -0.3 is 15.5 Å². The molecule has 4 unspecified atom stereocenters. The minimum absolute atomic E-state index is 0.0687. The van der Waals surface area contributed by atoms with Crippen LogP contribution in [0.15, 0.2) is 29.2 Å². The zero-order valence-corrected chi connectivity index (χ0v) is 24.4. The summed E-state index contributed by atoms with van der Waals surface area (Å²) in [4.78, 5) is 28.7. The Balaban J connectivity index is 1.17. The number of nitrogens with one attached hydrogen (secondary N) is 2. The number of halogens is 1. The number of sulfonamides is 1. The van der Waals surface area contributed by atoms with Crippen molar-refractivity contribution in [3.8, 4) is 0 Å². The van der Waals surface area contributed by atoms with Crippen LogP contribution in [0.1, 0.15) is 70.6 Å². The number of nitrogens with zero attached hydrogens (tertiary/aromatic N) is 2. The van der Waals surface area contributed by atoms with Crippen LogP contribution in [0, 0.1) is 17.8 Å². The summed E-state index contributed by atoms with van der Waals surface area (Å²) in [5.41, 5.74) is 0. The molecule has 2 saturated carbocycles. The van der Waals surface area contributed by atoms with Crippen LogP contribution < -0.4 is 10.6 Å². The van der Waals surface area contributed by atoms with Crippen LogP contribution in [0.3, 0.4) is 0 Å². The summed E-state index contributed by atoms with van der Waals surface area (Å²) >= 11 is 5.94. The molecule has 0 radical (unpaired) electrons. The van der Waals surface area contributed by atoms with Gasteiger partial charge in [-0.15, -0.1) is 0 Å². The van der Waals surface area contributed by atoms with E-state index in [9.17, 15) is 18.0 Å². The van der Waals surface area contributed by atoms with Crippen molar-refractivity contribution in [3.63, 3.8) is 0 Å². The molecule has 2 saturated heterocycles. The van der Waals surface area contributed by atoms with Gasteiger partial charge in [0.15, 0.2) is 0 Å². The van der Waals surface area contributed by atoms with E-state index in [4.69, 9.17) is 11.6 Å². The molecular weight excluding hydrogens is 536 g/mol. The molecule has 4 fully saturated rings. The molecule has 2 aliphatic carbocycles. The number of hydrogen-bond donors (Lipinski definition) is 2. The molecule has 2 N–H and O–H groups in total. The van der Waals surface area contributed by atoms with Crippen molar-refractivity contribution in [2.45, 2.75) is 87.6 Å². The Morgan fingerprint density at radius 2 is 1.77 bits per heavy atom. The molecule has 4 aliphatic rings. The second-order valence-corrected chi connectivity index (χ2v) is 14.3. The zero-order valence-electron chi connectivity index (χ0n) is 22.8. The number of amides is 2. The first-order chi connectivity index (χ1) is 18.8. The standard InChI is InChI=1S/C29H43ClN4O4S/c30-23-8-10-24(11-9-23)39(37,38)34-18-14-31-29(36)27(34)20-28(35)32-26-6-4-5-22-19-21(7-12-25(22)26)13-17-33-15-2-1-3-16-33/h8-11,21-22,25-27H,1-7,12-20H2,(H,31,36)(H,32,35)/t21?,22?,25?,26?,27-/m1/s1. The Labute approximate surface area is 238 Å². The average molecular weight is 579 g/mol. The molecule has 2 heterocycles. The van der Waals surface area contributed by atoms with E-state index in [1.165, 1.54) is 93.2 Å². The molecule has 8 nitrogen and oxygen atoms in total. The van der Waals surface area contributed by atoms with Crippen LogP contribution in [0.2, 0.25) is 5.02 Å². The van der Waals surface area contributed by atoms with Gasteiger partial charge in [-0.2, -0.15) is 4.31 Å². The number of hydrogen-bond acceptors (Lipinski definition) is 5. The van der Waals surface area contributed by atoms with Gasteiger partial charge in [0.25, 0.3) is 0 Å². The number of piperazine rings is 1. The molecule has 2 amide bonds. The smallest absolute Gasteiger partial charge is 0.243 e. The van der Waals surface area contributed by atoms with Gasteiger partial charge in [-0.3, -0.25) is 9.59 Å². The fourth-order valence-electron chi connectivity index (χ4n) is 7.41. The summed E-state index contributed by atoms with van der Waals surface area (Å²) < 4.78 is 27.9. The molecule has 1 aromatic rings. The van der Waals surface area contributed by atoms with Gasteiger partial charge in [0, 0.05) is 24.2 Å². The summed E-state index contributed by atoms with van der Waals surface area (Å²) in [6, 6.07) is 4.94. The Morgan fingerprint density at radius 1 is 1.00 bits per heavy atom. The minimum atomic E-state index is -3.95. The third kappa shape index (κ3) is 6.97. The number of rotatable bonds is 8. The highest BCUT2D eigenvalue weighted by Crippen LogP contribution is 2.44. The van der Waals surface area contributed by atoms with E-state index in [1.54, 1.807) is 0 Å². The van der Waals surface area contributed by atoms with E-state index in [0.717, 1.165) is 25.2 Å². The Morgan fingerprint density at radius 3 is 2.54 bits per heavy atom. The van der Waals surface area contributed by atoms with Crippen LogP contribution in [0.5, 0.6) is 0 Å². The van der Waals surface area contributed by atoms with Crippen LogP contribution in [0.25, 0.3) is 0 Å². The normalized spacial score (nSPS) is 30.8. The number of benzene rings is 1. The highest BCUT2D eigenvalue weighted by Gasteiger charge is 2.42. The largest absolute Gasteiger partial charge is 0.353 e. The SMILES string of the molecule is O=C(C[C@@H]1C(=O)NCCN1S(=O)(=O)c1ccc(Cl)cc1)NC1CCCC2CC(CCN3CCCCC3)CCC21. The highest BCUT2D eigenvalue weighted by atomic mass is 35.5. The first-order valence-electron chi connectivity index (χ1n) is 14.9. The second-order valence-electron chi connectivity index (χ2n) is 12.0. The van der Waals surface area contributed by atoms with Crippen LogP contribution in [-0.2, 0) is 19.6 Å². The molecule has 39 heavy (non-hydrogen) atoms. The van der Waals surface area contributed by atoms with Crippen molar-refractivity contribution in [2.24, 2.45) is 17.8 Å².